The number of carbonyl (C=O) groups excluding carboxylic acids is 1. The Hall–Kier alpha value is -0.850. The molecule has 1 heterocycles. The van der Waals surface area contributed by atoms with Crippen LogP contribution in [0.15, 0.2) is 24.3 Å². The van der Waals surface area contributed by atoms with Gasteiger partial charge in [-0.25, -0.2) is 0 Å². The van der Waals surface area contributed by atoms with Crippen molar-refractivity contribution in [1.29, 1.82) is 0 Å². The lowest BCUT2D eigenvalue weighted by Crippen LogP contribution is -2.44. The van der Waals surface area contributed by atoms with E-state index in [9.17, 15) is 9.90 Å². The van der Waals surface area contributed by atoms with E-state index in [0.717, 1.165) is 18.4 Å². The van der Waals surface area contributed by atoms with E-state index in [1.54, 1.807) is 19.2 Å². The summed E-state index contributed by atoms with van der Waals surface area (Å²) in [5.41, 5.74) is 0.889. The van der Waals surface area contributed by atoms with Gasteiger partial charge in [0.15, 0.2) is 0 Å². The molecule has 0 aliphatic carbocycles. The van der Waals surface area contributed by atoms with Crippen molar-refractivity contribution in [2.75, 3.05) is 39.9 Å². The Labute approximate surface area is 154 Å². The molecule has 5 nitrogen and oxygen atoms in total. The maximum absolute atomic E-state index is 12.1. The van der Waals surface area contributed by atoms with Crippen molar-refractivity contribution >= 4 is 29.9 Å². The Kier molecular flexibility index (Phi) is 9.63. The minimum absolute atomic E-state index is 0. The van der Waals surface area contributed by atoms with Gasteiger partial charge >= 0.3 is 0 Å². The molecule has 0 saturated carbocycles. The van der Waals surface area contributed by atoms with Crippen molar-refractivity contribution in [3.8, 4) is 0 Å². The summed E-state index contributed by atoms with van der Waals surface area (Å²) in [6.45, 7) is 3.00. The van der Waals surface area contributed by atoms with Crippen LogP contribution in [0.25, 0.3) is 0 Å². The van der Waals surface area contributed by atoms with Gasteiger partial charge in [0.05, 0.1) is 19.3 Å². The van der Waals surface area contributed by atoms with Gasteiger partial charge in [-0.3, -0.25) is 4.79 Å². The molecule has 1 atom stereocenters. The van der Waals surface area contributed by atoms with Crippen molar-refractivity contribution < 1.29 is 14.6 Å². The monoisotopic (exact) mass is 376 g/mol. The number of ether oxygens (including phenoxy) is 1. The fourth-order valence-corrected chi connectivity index (χ4v) is 3.00. The van der Waals surface area contributed by atoms with Crippen LogP contribution < -0.4 is 5.32 Å². The zero-order valence-corrected chi connectivity index (χ0v) is 15.5. The molecule has 0 bridgehead atoms. The molecule has 1 aliphatic heterocycles. The van der Waals surface area contributed by atoms with Gasteiger partial charge in [-0.2, -0.15) is 0 Å². The number of methoxy groups -OCH3 is 1. The van der Waals surface area contributed by atoms with Crippen molar-refractivity contribution in [3.63, 3.8) is 0 Å². The van der Waals surface area contributed by atoms with Crippen LogP contribution in [0.2, 0.25) is 5.02 Å². The van der Waals surface area contributed by atoms with Crippen molar-refractivity contribution in [2.24, 2.45) is 5.92 Å². The molecule has 0 aromatic heterocycles. The lowest BCUT2D eigenvalue weighted by Gasteiger charge is -2.34. The summed E-state index contributed by atoms with van der Waals surface area (Å²) in [4.78, 5) is 14.0. The number of piperidine rings is 1. The molecule has 1 amide bonds. The van der Waals surface area contributed by atoms with Crippen LogP contribution in [0, 0.1) is 5.92 Å². The molecule has 1 aromatic rings. The van der Waals surface area contributed by atoms with Gasteiger partial charge in [-0.05, 0) is 36.5 Å². The molecule has 1 saturated heterocycles. The second kappa shape index (κ2) is 10.9. The molecule has 1 unspecified atom stereocenters. The van der Waals surface area contributed by atoms with Crippen LogP contribution in [0.3, 0.4) is 0 Å². The predicted molar refractivity (Wildman–Crippen MR) is 97.7 cm³/mol. The van der Waals surface area contributed by atoms with Crippen LogP contribution >= 0.6 is 24.0 Å². The molecule has 24 heavy (non-hydrogen) atoms. The first kappa shape index (κ1) is 21.2. The average molecular weight is 377 g/mol. The van der Waals surface area contributed by atoms with Gasteiger partial charge in [-0.15, -0.1) is 12.4 Å². The predicted octanol–water partition coefficient (Wildman–Crippen LogP) is 2.27. The lowest BCUT2D eigenvalue weighted by atomic mass is 9.87. The third-order valence-corrected chi connectivity index (χ3v) is 4.56. The number of hydrogen-bond donors (Lipinski definition) is 2. The number of amides is 1. The van der Waals surface area contributed by atoms with Gasteiger partial charge in [0.2, 0.25) is 5.91 Å². The van der Waals surface area contributed by atoms with Crippen LogP contribution in [0.1, 0.15) is 24.5 Å². The van der Waals surface area contributed by atoms with Crippen LogP contribution in [-0.4, -0.2) is 55.8 Å². The van der Waals surface area contributed by atoms with Gasteiger partial charge in [0.1, 0.15) is 0 Å². The molecule has 2 rings (SSSR count). The zero-order valence-electron chi connectivity index (χ0n) is 13.9. The summed E-state index contributed by atoms with van der Waals surface area (Å²) in [6, 6.07) is 7.32. The lowest BCUT2D eigenvalue weighted by molar-refractivity contribution is -0.132. The molecule has 136 valence electrons. The normalized spacial score (nSPS) is 16.5. The third kappa shape index (κ3) is 6.22. The molecule has 0 radical (unpaired) electrons. The topological polar surface area (TPSA) is 61.8 Å². The van der Waals surface area contributed by atoms with E-state index < -0.39 is 6.10 Å². The zero-order chi connectivity index (χ0) is 16.7. The number of hydrogen-bond acceptors (Lipinski definition) is 4. The van der Waals surface area contributed by atoms with Crippen LogP contribution in [0.5, 0.6) is 0 Å². The standard InChI is InChI=1S/C17H25ClN2O3.ClH/c1-23-11-8-19-12-16(21)20-9-6-14(7-10-20)17(22)13-2-4-15(18)5-3-13;/h2-5,14,17,19,22H,6-12H2,1H3;1H. The Bertz CT molecular complexity index is 491. The van der Waals surface area contributed by atoms with Gasteiger partial charge in [0, 0.05) is 31.8 Å². The summed E-state index contributed by atoms with van der Waals surface area (Å²) in [5, 5.41) is 14.2. The number of halogens is 2. The number of likely N-dealkylation sites (tertiary alicyclic amines) is 1. The SMILES string of the molecule is COCCNCC(=O)N1CCC(C(O)c2ccc(Cl)cc2)CC1.Cl. The Morgan fingerprint density at radius 1 is 1.38 bits per heavy atom. The van der Waals surface area contributed by atoms with Crippen LogP contribution in [-0.2, 0) is 9.53 Å². The highest BCUT2D eigenvalue weighted by molar-refractivity contribution is 6.30. The average Bonchev–Trinajstić information content (AvgIpc) is 2.59. The van der Waals surface area contributed by atoms with Crippen molar-refractivity contribution in [1.82, 2.24) is 10.2 Å². The van der Waals surface area contributed by atoms with E-state index in [0.29, 0.717) is 37.8 Å². The highest BCUT2D eigenvalue weighted by atomic mass is 35.5. The molecule has 0 spiro atoms. The number of carbonyl (C=O) groups is 1. The number of aliphatic hydroxyl groups excluding tert-OH is 1. The van der Waals surface area contributed by atoms with E-state index in [4.69, 9.17) is 16.3 Å². The number of rotatable bonds is 7. The second-order valence-electron chi connectivity index (χ2n) is 5.88. The molecule has 1 aromatic carbocycles. The molecule has 1 aliphatic rings. The summed E-state index contributed by atoms with van der Waals surface area (Å²) >= 11 is 5.88. The minimum atomic E-state index is -0.496. The molecule has 7 heteroatoms. The summed E-state index contributed by atoms with van der Waals surface area (Å²) in [5.74, 6) is 0.294. The Balaban J connectivity index is 0.00000288. The highest BCUT2D eigenvalue weighted by Gasteiger charge is 2.28. The Morgan fingerprint density at radius 2 is 2.00 bits per heavy atom. The molecule has 2 N–H and O–H groups in total. The van der Waals surface area contributed by atoms with E-state index in [1.165, 1.54) is 0 Å². The number of nitrogens with zero attached hydrogens (tertiary/aromatic N) is 1. The fraction of sp³-hybridized carbons (Fsp3) is 0.588. The molecular formula is C17H26Cl2N2O3. The molecule has 1 fully saturated rings. The Morgan fingerprint density at radius 3 is 2.58 bits per heavy atom. The summed E-state index contributed by atoms with van der Waals surface area (Å²) in [6.07, 6.45) is 1.13. The maximum Gasteiger partial charge on any atom is 0.236 e. The fourth-order valence-electron chi connectivity index (χ4n) is 2.88. The first-order chi connectivity index (χ1) is 11.1. The largest absolute Gasteiger partial charge is 0.388 e. The van der Waals surface area contributed by atoms with E-state index in [1.807, 2.05) is 17.0 Å². The van der Waals surface area contributed by atoms with E-state index >= 15 is 0 Å². The number of aliphatic hydroxyl groups is 1. The minimum Gasteiger partial charge on any atom is -0.388 e. The van der Waals surface area contributed by atoms with Gasteiger partial charge in [-0.1, -0.05) is 23.7 Å². The maximum atomic E-state index is 12.1. The van der Waals surface area contributed by atoms with Crippen molar-refractivity contribution in [2.45, 2.75) is 18.9 Å². The van der Waals surface area contributed by atoms with Gasteiger partial charge in [0.25, 0.3) is 0 Å². The molecular weight excluding hydrogens is 351 g/mol. The highest BCUT2D eigenvalue weighted by Crippen LogP contribution is 2.31. The first-order valence-corrected chi connectivity index (χ1v) is 8.40. The first-order valence-electron chi connectivity index (χ1n) is 8.02. The second-order valence-corrected chi connectivity index (χ2v) is 6.32. The summed E-state index contributed by atoms with van der Waals surface area (Å²) < 4.78 is 4.94. The number of nitrogens with one attached hydrogen (secondary N) is 1. The van der Waals surface area contributed by atoms with E-state index in [2.05, 4.69) is 5.32 Å². The quantitative estimate of drug-likeness (QED) is 0.716. The summed E-state index contributed by atoms with van der Waals surface area (Å²) in [7, 11) is 1.64. The van der Waals surface area contributed by atoms with Crippen LogP contribution in [0.4, 0.5) is 0 Å². The third-order valence-electron chi connectivity index (χ3n) is 4.31. The van der Waals surface area contributed by atoms with Gasteiger partial charge < -0.3 is 20.1 Å². The van der Waals surface area contributed by atoms with E-state index in [-0.39, 0.29) is 24.2 Å². The number of benzene rings is 1. The smallest absolute Gasteiger partial charge is 0.236 e. The van der Waals surface area contributed by atoms with Crippen molar-refractivity contribution in [3.05, 3.63) is 34.9 Å².